The quantitative estimate of drug-likeness (QED) is 0.754. The molecule has 0 unspecified atom stereocenters. The number of aromatic nitrogens is 1. The Bertz CT molecular complexity index is 578. The summed E-state index contributed by atoms with van der Waals surface area (Å²) >= 11 is 0. The van der Waals surface area contributed by atoms with E-state index >= 15 is 0 Å². The Morgan fingerprint density at radius 1 is 1.31 bits per heavy atom. The second kappa shape index (κ2) is 9.55. The number of carbonyl (C=O) groups excluding carboxylic acids is 2. The Labute approximate surface area is 156 Å². The molecule has 6 heteroatoms. The van der Waals surface area contributed by atoms with Crippen molar-refractivity contribution >= 4 is 12.0 Å². The van der Waals surface area contributed by atoms with E-state index in [9.17, 15) is 9.59 Å². The van der Waals surface area contributed by atoms with E-state index in [0.29, 0.717) is 26.1 Å². The Hall–Kier alpha value is -2.11. The summed E-state index contributed by atoms with van der Waals surface area (Å²) in [4.78, 5) is 30.3. The molecule has 1 aliphatic carbocycles. The summed E-state index contributed by atoms with van der Waals surface area (Å²) in [5, 5.41) is 3.00. The Balaban J connectivity index is 1.84. The lowest BCUT2D eigenvalue weighted by Gasteiger charge is -2.27. The van der Waals surface area contributed by atoms with Gasteiger partial charge in [0.05, 0.1) is 6.54 Å². The van der Waals surface area contributed by atoms with Gasteiger partial charge in [-0.1, -0.05) is 18.9 Å². The first-order chi connectivity index (χ1) is 12.3. The van der Waals surface area contributed by atoms with Gasteiger partial charge in [0, 0.05) is 31.4 Å². The zero-order valence-electron chi connectivity index (χ0n) is 16.2. The van der Waals surface area contributed by atoms with Crippen molar-refractivity contribution < 1.29 is 14.3 Å². The topological polar surface area (TPSA) is 71.5 Å². The molecule has 1 aromatic heterocycles. The molecule has 1 N–H and O–H groups in total. The molecule has 26 heavy (non-hydrogen) atoms. The third-order valence-corrected chi connectivity index (χ3v) is 4.38. The van der Waals surface area contributed by atoms with Crippen LogP contribution in [0.4, 0.5) is 4.79 Å². The molecule has 0 aromatic carbocycles. The molecule has 0 aliphatic heterocycles. The smallest absolute Gasteiger partial charge is 0.410 e. The van der Waals surface area contributed by atoms with Gasteiger partial charge in [0.15, 0.2) is 0 Å². The Morgan fingerprint density at radius 3 is 2.65 bits per heavy atom. The van der Waals surface area contributed by atoms with Crippen LogP contribution in [-0.2, 0) is 16.1 Å². The molecule has 0 spiro atoms. The summed E-state index contributed by atoms with van der Waals surface area (Å²) in [5.74, 6) is 0.325. The zero-order chi connectivity index (χ0) is 19.0. The van der Waals surface area contributed by atoms with Gasteiger partial charge >= 0.3 is 6.09 Å². The SMILES string of the molecule is CC(C)(C)OC(=O)N(CCCNC(=O)C1CCCC1)Cc1cccnc1. The number of nitrogens with zero attached hydrogens (tertiary/aromatic N) is 2. The maximum Gasteiger partial charge on any atom is 0.410 e. The van der Waals surface area contributed by atoms with Crippen LogP contribution >= 0.6 is 0 Å². The second-order valence-corrected chi connectivity index (χ2v) is 7.89. The molecule has 0 atom stereocenters. The van der Waals surface area contributed by atoms with Gasteiger partial charge in [-0.3, -0.25) is 9.78 Å². The number of rotatable bonds is 7. The number of carbonyl (C=O) groups is 2. The third kappa shape index (κ3) is 7.02. The molecule has 0 radical (unpaired) electrons. The Kier molecular flexibility index (Phi) is 7.42. The molecule has 6 nitrogen and oxygen atoms in total. The van der Waals surface area contributed by atoms with E-state index in [-0.39, 0.29) is 17.9 Å². The highest BCUT2D eigenvalue weighted by atomic mass is 16.6. The molecule has 1 aliphatic rings. The molecular weight excluding hydrogens is 330 g/mol. The fourth-order valence-corrected chi connectivity index (χ4v) is 3.09. The van der Waals surface area contributed by atoms with Gasteiger partial charge < -0.3 is 15.0 Å². The first-order valence-corrected chi connectivity index (χ1v) is 9.50. The molecule has 144 valence electrons. The molecule has 1 heterocycles. The maximum atomic E-state index is 12.5. The van der Waals surface area contributed by atoms with Crippen LogP contribution in [0, 0.1) is 5.92 Å². The van der Waals surface area contributed by atoms with Crippen molar-refractivity contribution in [2.75, 3.05) is 13.1 Å². The van der Waals surface area contributed by atoms with Crippen molar-refractivity contribution in [2.24, 2.45) is 5.92 Å². The summed E-state index contributed by atoms with van der Waals surface area (Å²) in [5.41, 5.74) is 0.411. The van der Waals surface area contributed by atoms with E-state index in [2.05, 4.69) is 10.3 Å². The van der Waals surface area contributed by atoms with Crippen LogP contribution in [0.25, 0.3) is 0 Å². The number of ether oxygens (including phenoxy) is 1. The molecule has 0 bridgehead atoms. The molecular formula is C20H31N3O3. The number of nitrogens with one attached hydrogen (secondary N) is 1. The zero-order valence-corrected chi connectivity index (χ0v) is 16.2. The van der Waals surface area contributed by atoms with Crippen LogP contribution in [0.5, 0.6) is 0 Å². The molecule has 0 saturated heterocycles. The fraction of sp³-hybridized carbons (Fsp3) is 0.650. The summed E-state index contributed by atoms with van der Waals surface area (Å²) in [6, 6.07) is 3.79. The van der Waals surface area contributed by atoms with E-state index in [1.54, 1.807) is 17.3 Å². The van der Waals surface area contributed by atoms with Crippen LogP contribution < -0.4 is 5.32 Å². The third-order valence-electron chi connectivity index (χ3n) is 4.38. The standard InChI is InChI=1S/C20H31N3O3/c1-20(2,3)26-19(25)23(15-16-8-6-11-21-14-16)13-7-12-22-18(24)17-9-4-5-10-17/h6,8,11,14,17H,4-5,7,9-10,12-13,15H2,1-3H3,(H,22,24). The number of hydrogen-bond acceptors (Lipinski definition) is 4. The summed E-state index contributed by atoms with van der Waals surface area (Å²) in [7, 11) is 0. The largest absolute Gasteiger partial charge is 0.444 e. The lowest BCUT2D eigenvalue weighted by Crippen LogP contribution is -2.38. The van der Waals surface area contributed by atoms with Gasteiger partial charge in [0.2, 0.25) is 5.91 Å². The van der Waals surface area contributed by atoms with Gasteiger partial charge in [-0.2, -0.15) is 0 Å². The van der Waals surface area contributed by atoms with E-state index in [0.717, 1.165) is 31.2 Å². The van der Waals surface area contributed by atoms with Crippen molar-refractivity contribution in [1.29, 1.82) is 0 Å². The van der Waals surface area contributed by atoms with E-state index in [1.807, 2.05) is 32.9 Å². The monoisotopic (exact) mass is 361 g/mol. The minimum absolute atomic E-state index is 0.151. The first-order valence-electron chi connectivity index (χ1n) is 9.50. The minimum Gasteiger partial charge on any atom is -0.444 e. The highest BCUT2D eigenvalue weighted by molar-refractivity contribution is 5.78. The van der Waals surface area contributed by atoms with Crippen LogP contribution in [0.2, 0.25) is 0 Å². The van der Waals surface area contributed by atoms with Crippen LogP contribution in [0.1, 0.15) is 58.4 Å². The van der Waals surface area contributed by atoms with Gasteiger partial charge in [-0.05, 0) is 51.7 Å². The van der Waals surface area contributed by atoms with Gasteiger partial charge in [0.25, 0.3) is 0 Å². The highest BCUT2D eigenvalue weighted by Crippen LogP contribution is 2.24. The van der Waals surface area contributed by atoms with Crippen LogP contribution in [0.3, 0.4) is 0 Å². The van der Waals surface area contributed by atoms with Gasteiger partial charge in [-0.25, -0.2) is 4.79 Å². The molecule has 1 saturated carbocycles. The average Bonchev–Trinajstić information content (AvgIpc) is 3.11. The predicted octanol–water partition coefficient (Wildman–Crippen LogP) is 3.52. The van der Waals surface area contributed by atoms with Crippen molar-refractivity contribution in [3.8, 4) is 0 Å². The average molecular weight is 361 g/mol. The van der Waals surface area contributed by atoms with Crippen LogP contribution in [-0.4, -0.2) is 40.6 Å². The van der Waals surface area contributed by atoms with Crippen molar-refractivity contribution in [3.63, 3.8) is 0 Å². The highest BCUT2D eigenvalue weighted by Gasteiger charge is 2.24. The van der Waals surface area contributed by atoms with Crippen molar-refractivity contribution in [1.82, 2.24) is 15.2 Å². The number of pyridine rings is 1. The summed E-state index contributed by atoms with van der Waals surface area (Å²) in [6.45, 7) is 7.11. The van der Waals surface area contributed by atoms with E-state index < -0.39 is 5.60 Å². The van der Waals surface area contributed by atoms with Gasteiger partial charge in [0.1, 0.15) is 5.60 Å². The van der Waals surface area contributed by atoms with Crippen LogP contribution in [0.15, 0.2) is 24.5 Å². The minimum atomic E-state index is -0.541. The molecule has 2 rings (SSSR count). The van der Waals surface area contributed by atoms with Gasteiger partial charge in [-0.15, -0.1) is 0 Å². The molecule has 1 fully saturated rings. The fourth-order valence-electron chi connectivity index (χ4n) is 3.09. The maximum absolute atomic E-state index is 12.5. The normalized spacial score (nSPS) is 14.9. The lowest BCUT2D eigenvalue weighted by molar-refractivity contribution is -0.124. The Morgan fingerprint density at radius 2 is 2.04 bits per heavy atom. The van der Waals surface area contributed by atoms with E-state index in [1.165, 1.54) is 0 Å². The summed E-state index contributed by atoms with van der Waals surface area (Å²) < 4.78 is 5.51. The molecule has 2 amide bonds. The van der Waals surface area contributed by atoms with E-state index in [4.69, 9.17) is 4.74 Å². The number of amides is 2. The predicted molar refractivity (Wildman–Crippen MR) is 100 cm³/mol. The summed E-state index contributed by atoms with van der Waals surface area (Å²) in [6.07, 6.45) is 8.10. The molecule has 1 aromatic rings. The lowest BCUT2D eigenvalue weighted by atomic mass is 10.1. The second-order valence-electron chi connectivity index (χ2n) is 7.89. The van der Waals surface area contributed by atoms with Crippen molar-refractivity contribution in [3.05, 3.63) is 30.1 Å². The van der Waals surface area contributed by atoms with Crippen molar-refractivity contribution in [2.45, 2.75) is 65.0 Å². The first kappa shape index (κ1) is 20.2. The number of hydrogen-bond donors (Lipinski definition) is 1.